The number of carbonyl (C=O) groups is 2. The number of halogens is 1. The molecule has 0 saturated heterocycles. The van der Waals surface area contributed by atoms with Gasteiger partial charge < -0.3 is 10.4 Å². The minimum atomic E-state index is -0.696. The molecule has 0 aromatic heterocycles. The van der Waals surface area contributed by atoms with Gasteiger partial charge >= 0.3 is 5.97 Å². The number of rotatable bonds is 6. The molecule has 0 spiro atoms. The van der Waals surface area contributed by atoms with E-state index in [1.54, 1.807) is 24.3 Å². The lowest BCUT2D eigenvalue weighted by atomic mass is 9.79. The normalized spacial score (nSPS) is 21.3. The first-order valence-corrected chi connectivity index (χ1v) is 8.18. The van der Waals surface area contributed by atoms with Crippen LogP contribution >= 0.6 is 11.6 Å². The molecule has 120 valence electrons. The van der Waals surface area contributed by atoms with Crippen molar-refractivity contribution in [2.75, 3.05) is 6.54 Å². The van der Waals surface area contributed by atoms with E-state index < -0.39 is 5.97 Å². The van der Waals surface area contributed by atoms with Gasteiger partial charge in [-0.05, 0) is 55.4 Å². The van der Waals surface area contributed by atoms with Gasteiger partial charge in [0.1, 0.15) is 0 Å². The minimum Gasteiger partial charge on any atom is -0.481 e. The third-order valence-electron chi connectivity index (χ3n) is 4.37. The molecule has 2 N–H and O–H groups in total. The molecule has 1 aliphatic rings. The van der Waals surface area contributed by atoms with Crippen LogP contribution in [0.25, 0.3) is 0 Å². The number of aliphatic carboxylic acids is 1. The highest BCUT2D eigenvalue weighted by molar-refractivity contribution is 6.30. The second kappa shape index (κ2) is 8.18. The molecule has 0 atom stereocenters. The molecule has 4 nitrogen and oxygen atoms in total. The lowest BCUT2D eigenvalue weighted by Crippen LogP contribution is -2.27. The summed E-state index contributed by atoms with van der Waals surface area (Å²) in [5.41, 5.74) is 0.620. The van der Waals surface area contributed by atoms with Crippen LogP contribution in [-0.2, 0) is 4.79 Å². The van der Waals surface area contributed by atoms with Crippen molar-refractivity contribution < 1.29 is 14.7 Å². The number of hydrogen-bond acceptors (Lipinski definition) is 2. The Bertz CT molecular complexity index is 507. The third-order valence-corrected chi connectivity index (χ3v) is 4.63. The van der Waals surface area contributed by atoms with Gasteiger partial charge in [0.2, 0.25) is 0 Å². The Morgan fingerprint density at radius 2 is 1.68 bits per heavy atom. The van der Waals surface area contributed by atoms with Crippen molar-refractivity contribution in [2.45, 2.75) is 38.5 Å². The Morgan fingerprint density at radius 3 is 2.27 bits per heavy atom. The average molecular weight is 324 g/mol. The summed E-state index contributed by atoms with van der Waals surface area (Å²) in [6, 6.07) is 6.85. The molecule has 0 bridgehead atoms. The molecule has 2 rings (SSSR count). The summed E-state index contributed by atoms with van der Waals surface area (Å²) in [5.74, 6) is 0.155. The van der Waals surface area contributed by atoms with Crippen LogP contribution in [0.4, 0.5) is 0 Å². The van der Waals surface area contributed by atoms with Crippen molar-refractivity contribution in [2.24, 2.45) is 11.8 Å². The number of benzene rings is 1. The fourth-order valence-corrected chi connectivity index (χ4v) is 3.19. The topological polar surface area (TPSA) is 66.4 Å². The van der Waals surface area contributed by atoms with Gasteiger partial charge in [-0.3, -0.25) is 9.59 Å². The first-order chi connectivity index (χ1) is 10.5. The van der Waals surface area contributed by atoms with E-state index in [2.05, 4.69) is 5.32 Å². The molecule has 0 unspecified atom stereocenters. The summed E-state index contributed by atoms with van der Waals surface area (Å²) >= 11 is 5.80. The smallest absolute Gasteiger partial charge is 0.303 e. The Balaban J connectivity index is 1.66. The highest BCUT2D eigenvalue weighted by atomic mass is 35.5. The molecule has 1 saturated carbocycles. The quantitative estimate of drug-likeness (QED) is 0.838. The molecule has 1 aromatic carbocycles. The molecule has 5 heteroatoms. The lowest BCUT2D eigenvalue weighted by molar-refractivity contribution is -0.138. The first-order valence-electron chi connectivity index (χ1n) is 7.80. The summed E-state index contributed by atoms with van der Waals surface area (Å²) in [6.45, 7) is 0.662. The van der Waals surface area contributed by atoms with Gasteiger partial charge in [0.25, 0.3) is 5.91 Å². The molecule has 0 aliphatic heterocycles. The molecule has 1 fully saturated rings. The molecular formula is C17H22ClNO3. The maximum absolute atomic E-state index is 12.0. The number of amides is 1. The van der Waals surface area contributed by atoms with Gasteiger partial charge in [-0.25, -0.2) is 0 Å². The van der Waals surface area contributed by atoms with E-state index in [1.165, 1.54) is 0 Å². The molecule has 0 radical (unpaired) electrons. The number of nitrogens with one attached hydrogen (secondary N) is 1. The van der Waals surface area contributed by atoms with Crippen molar-refractivity contribution in [1.82, 2.24) is 5.32 Å². The highest BCUT2D eigenvalue weighted by Crippen LogP contribution is 2.32. The van der Waals surface area contributed by atoms with Crippen molar-refractivity contribution in [3.8, 4) is 0 Å². The van der Waals surface area contributed by atoms with Crippen LogP contribution in [0.3, 0.4) is 0 Å². The van der Waals surface area contributed by atoms with Gasteiger partial charge in [-0.15, -0.1) is 0 Å². The van der Waals surface area contributed by atoms with Crippen LogP contribution in [0.1, 0.15) is 48.9 Å². The van der Waals surface area contributed by atoms with Gasteiger partial charge in [0.05, 0.1) is 0 Å². The maximum atomic E-state index is 12.0. The monoisotopic (exact) mass is 323 g/mol. The van der Waals surface area contributed by atoms with Crippen LogP contribution in [0.15, 0.2) is 24.3 Å². The van der Waals surface area contributed by atoms with E-state index in [1.807, 2.05) is 0 Å². The van der Waals surface area contributed by atoms with Crippen LogP contribution in [-0.4, -0.2) is 23.5 Å². The van der Waals surface area contributed by atoms with E-state index in [4.69, 9.17) is 16.7 Å². The van der Waals surface area contributed by atoms with E-state index in [-0.39, 0.29) is 5.91 Å². The van der Waals surface area contributed by atoms with Crippen molar-refractivity contribution in [3.05, 3.63) is 34.9 Å². The fourth-order valence-electron chi connectivity index (χ4n) is 3.06. The molecule has 1 aromatic rings. The molecule has 0 heterocycles. The average Bonchev–Trinajstić information content (AvgIpc) is 2.49. The summed E-state index contributed by atoms with van der Waals surface area (Å²) in [5, 5.41) is 12.4. The maximum Gasteiger partial charge on any atom is 0.303 e. The van der Waals surface area contributed by atoms with Crippen LogP contribution in [0, 0.1) is 11.8 Å². The van der Waals surface area contributed by atoms with Crippen molar-refractivity contribution in [1.29, 1.82) is 0 Å². The second-order valence-corrected chi connectivity index (χ2v) is 6.47. The Hall–Kier alpha value is -1.55. The number of carboxylic acid groups (broad SMARTS) is 1. The molecule has 22 heavy (non-hydrogen) atoms. The van der Waals surface area contributed by atoms with Gasteiger partial charge in [0, 0.05) is 23.6 Å². The number of hydrogen-bond donors (Lipinski definition) is 2. The zero-order chi connectivity index (χ0) is 15.9. The van der Waals surface area contributed by atoms with Gasteiger partial charge in [0.15, 0.2) is 0 Å². The molecular weight excluding hydrogens is 302 g/mol. The zero-order valence-electron chi connectivity index (χ0n) is 12.6. The SMILES string of the molecule is O=C(O)CC1CCC(CCNC(=O)c2ccc(Cl)cc2)CC1. The van der Waals surface area contributed by atoms with Crippen molar-refractivity contribution in [3.63, 3.8) is 0 Å². The van der Waals surface area contributed by atoms with Crippen LogP contribution < -0.4 is 5.32 Å². The van der Waals surface area contributed by atoms with Crippen LogP contribution in [0.2, 0.25) is 5.02 Å². The van der Waals surface area contributed by atoms with E-state index in [0.29, 0.717) is 35.4 Å². The predicted octanol–water partition coefficient (Wildman–Crippen LogP) is 3.74. The Kier molecular flexibility index (Phi) is 6.25. The zero-order valence-corrected chi connectivity index (χ0v) is 13.3. The largest absolute Gasteiger partial charge is 0.481 e. The van der Waals surface area contributed by atoms with E-state index in [0.717, 1.165) is 32.1 Å². The molecule has 1 aliphatic carbocycles. The highest BCUT2D eigenvalue weighted by Gasteiger charge is 2.22. The third kappa shape index (κ3) is 5.34. The van der Waals surface area contributed by atoms with Crippen molar-refractivity contribution >= 4 is 23.5 Å². The summed E-state index contributed by atoms with van der Waals surface area (Å²) < 4.78 is 0. The minimum absolute atomic E-state index is 0.0729. The van der Waals surface area contributed by atoms with Gasteiger partial charge in [-0.1, -0.05) is 24.4 Å². The molecule has 1 amide bonds. The van der Waals surface area contributed by atoms with E-state index >= 15 is 0 Å². The standard InChI is InChI=1S/C17H22ClNO3/c18-15-7-5-14(6-8-15)17(22)19-10-9-12-1-3-13(4-2-12)11-16(20)21/h5-8,12-13H,1-4,9-11H2,(H,19,22)(H,20,21). The fraction of sp³-hybridized carbons (Fsp3) is 0.529. The summed E-state index contributed by atoms with van der Waals surface area (Å²) in [4.78, 5) is 22.6. The number of carboxylic acids is 1. The van der Waals surface area contributed by atoms with E-state index in [9.17, 15) is 9.59 Å². The summed E-state index contributed by atoms with van der Waals surface area (Å²) in [7, 11) is 0. The Labute approximate surface area is 135 Å². The van der Waals surface area contributed by atoms with Crippen LogP contribution in [0.5, 0.6) is 0 Å². The predicted molar refractivity (Wildman–Crippen MR) is 86.1 cm³/mol. The number of carbonyl (C=O) groups excluding carboxylic acids is 1. The summed E-state index contributed by atoms with van der Waals surface area (Å²) in [6.07, 6.45) is 5.35. The lowest BCUT2D eigenvalue weighted by Gasteiger charge is -2.27. The Morgan fingerprint density at radius 1 is 1.09 bits per heavy atom. The van der Waals surface area contributed by atoms with Gasteiger partial charge in [-0.2, -0.15) is 0 Å². The first kappa shape index (κ1) is 16.8. The second-order valence-electron chi connectivity index (χ2n) is 6.04.